The van der Waals surface area contributed by atoms with Crippen molar-refractivity contribution in [1.82, 2.24) is 24.4 Å². The molecule has 216 valence electrons. The maximum atomic E-state index is 13.4. The van der Waals surface area contributed by atoms with Crippen molar-refractivity contribution in [3.8, 4) is 5.75 Å². The first-order valence-electron chi connectivity index (χ1n) is 12.7. The molecule has 12 nitrogen and oxygen atoms in total. The molecule has 0 spiro atoms. The van der Waals surface area contributed by atoms with Crippen LogP contribution < -0.4 is 10.1 Å². The highest BCUT2D eigenvalue weighted by atomic mass is 32.2. The Balaban J connectivity index is 1.43. The second-order valence-electron chi connectivity index (χ2n) is 10.3. The summed E-state index contributed by atoms with van der Waals surface area (Å²) >= 11 is 1.29. The second kappa shape index (κ2) is 12.1. The lowest BCUT2D eigenvalue weighted by Crippen LogP contribution is -2.56. The Morgan fingerprint density at radius 3 is 2.42 bits per heavy atom. The molecule has 2 amide bonds. The smallest absolute Gasteiger partial charge is 0.415 e. The number of carboxylic acid groups (broad SMARTS) is 1. The van der Waals surface area contributed by atoms with Gasteiger partial charge in [0.2, 0.25) is 15.9 Å². The van der Waals surface area contributed by atoms with E-state index in [0.29, 0.717) is 24.4 Å². The zero-order chi connectivity index (χ0) is 29.1. The van der Waals surface area contributed by atoms with E-state index in [0.717, 1.165) is 17.4 Å². The number of likely N-dealkylation sites (N-methyl/N-ethyl adjacent to an activating group) is 1. The average molecular weight is 592 g/mol. The Morgan fingerprint density at radius 1 is 1.15 bits per heavy atom. The predicted octanol–water partition coefficient (Wildman–Crippen LogP) is 1.48. The van der Waals surface area contributed by atoms with Crippen molar-refractivity contribution in [2.45, 2.75) is 42.0 Å². The number of aliphatic carboxylic acids is 1. The van der Waals surface area contributed by atoms with E-state index in [2.05, 4.69) is 15.2 Å². The number of benzene rings is 1. The van der Waals surface area contributed by atoms with Crippen LogP contribution in [0.2, 0.25) is 0 Å². The molecule has 14 heteroatoms. The third-order valence-electron chi connectivity index (χ3n) is 6.94. The lowest BCUT2D eigenvalue weighted by atomic mass is 10.0. The molecule has 40 heavy (non-hydrogen) atoms. The van der Waals surface area contributed by atoms with Crippen LogP contribution in [-0.4, -0.2) is 107 Å². The fourth-order valence-electron chi connectivity index (χ4n) is 4.55. The number of carboxylic acids is 1. The molecule has 2 N–H and O–H groups in total. The maximum absolute atomic E-state index is 13.4. The van der Waals surface area contributed by atoms with Gasteiger partial charge in [-0.05, 0) is 50.7 Å². The molecule has 3 heterocycles. The van der Waals surface area contributed by atoms with Crippen LogP contribution in [0, 0.1) is 0 Å². The summed E-state index contributed by atoms with van der Waals surface area (Å²) in [6.45, 7) is 6.17. The van der Waals surface area contributed by atoms with E-state index in [-0.39, 0.29) is 17.2 Å². The normalized spacial score (nSPS) is 20.6. The first kappa shape index (κ1) is 29.8. The Labute approximate surface area is 237 Å². The van der Waals surface area contributed by atoms with E-state index in [1.807, 2.05) is 7.05 Å². The highest BCUT2D eigenvalue weighted by Gasteiger charge is 2.51. The SMILES string of the molecule is CN1CCN(C(=O)Oc2ccc(C[C@H](NC(=O)[C@H]3N(S(=O)(=O)c4cccnc4)CSC3(C)C)C(=O)O)cc2)CC1. The lowest BCUT2D eigenvalue weighted by Gasteiger charge is -2.31. The Kier molecular flexibility index (Phi) is 9.02. The summed E-state index contributed by atoms with van der Waals surface area (Å²) in [5.41, 5.74) is 0.590. The number of thioether (sulfide) groups is 1. The lowest BCUT2D eigenvalue weighted by molar-refractivity contribution is -0.142. The minimum absolute atomic E-state index is 0.0361. The van der Waals surface area contributed by atoms with Gasteiger partial charge in [0.1, 0.15) is 22.7 Å². The van der Waals surface area contributed by atoms with Gasteiger partial charge in [0.25, 0.3) is 0 Å². The molecule has 0 aliphatic carbocycles. The third-order valence-corrected chi connectivity index (χ3v) is 10.3. The molecule has 2 aromatic rings. The zero-order valence-electron chi connectivity index (χ0n) is 22.5. The number of aromatic nitrogens is 1. The zero-order valence-corrected chi connectivity index (χ0v) is 24.2. The summed E-state index contributed by atoms with van der Waals surface area (Å²) < 4.78 is 32.3. The maximum Gasteiger partial charge on any atom is 0.415 e. The van der Waals surface area contributed by atoms with E-state index < -0.39 is 44.8 Å². The number of carbonyl (C=O) groups is 3. The number of sulfonamides is 1. The van der Waals surface area contributed by atoms with Crippen LogP contribution in [0.3, 0.4) is 0 Å². The van der Waals surface area contributed by atoms with Crippen molar-refractivity contribution in [1.29, 1.82) is 0 Å². The van der Waals surface area contributed by atoms with Crippen molar-refractivity contribution >= 4 is 39.8 Å². The van der Waals surface area contributed by atoms with Gasteiger partial charge in [-0.3, -0.25) is 9.78 Å². The number of ether oxygens (including phenoxy) is 1. The molecule has 2 saturated heterocycles. The minimum Gasteiger partial charge on any atom is -0.480 e. The number of hydrogen-bond donors (Lipinski definition) is 2. The first-order chi connectivity index (χ1) is 18.9. The number of hydrogen-bond acceptors (Lipinski definition) is 9. The standard InChI is InChI=1S/C26H33N5O7S2/c1-26(2)22(31(17-39-26)40(36,37)20-5-4-10-27-16-20)23(32)28-21(24(33)34)15-18-6-8-19(9-7-18)38-25(35)30-13-11-29(3)12-14-30/h4-10,16,21-22H,11-15,17H2,1-3H3,(H,28,32)(H,33,34)/t21-,22+/m0/s1. The van der Waals surface area contributed by atoms with Gasteiger partial charge in [0.05, 0.1) is 5.88 Å². The van der Waals surface area contributed by atoms with E-state index in [1.54, 1.807) is 43.0 Å². The van der Waals surface area contributed by atoms with E-state index in [1.165, 1.54) is 36.3 Å². The Bertz CT molecular complexity index is 1330. The number of pyridine rings is 1. The second-order valence-corrected chi connectivity index (χ2v) is 13.8. The molecule has 2 fully saturated rings. The quantitative estimate of drug-likeness (QED) is 0.462. The molecule has 2 atom stereocenters. The molecule has 0 unspecified atom stereocenters. The van der Waals surface area contributed by atoms with Crippen LogP contribution in [0.25, 0.3) is 0 Å². The first-order valence-corrected chi connectivity index (χ1v) is 15.1. The van der Waals surface area contributed by atoms with Gasteiger partial charge in [0, 0.05) is 49.7 Å². The molecular formula is C26H33N5O7S2. The highest BCUT2D eigenvalue weighted by Crippen LogP contribution is 2.42. The van der Waals surface area contributed by atoms with Crippen LogP contribution in [0.5, 0.6) is 5.75 Å². The van der Waals surface area contributed by atoms with Gasteiger partial charge in [-0.1, -0.05) is 12.1 Å². The topological polar surface area (TPSA) is 149 Å². The summed E-state index contributed by atoms with van der Waals surface area (Å²) in [6.07, 6.45) is 2.17. The van der Waals surface area contributed by atoms with Gasteiger partial charge in [-0.2, -0.15) is 4.31 Å². The number of carbonyl (C=O) groups excluding carboxylic acids is 2. The van der Waals surface area contributed by atoms with Crippen molar-refractivity contribution in [3.63, 3.8) is 0 Å². The summed E-state index contributed by atoms with van der Waals surface area (Å²) in [5.74, 6) is -1.60. The van der Waals surface area contributed by atoms with Gasteiger partial charge in [0.15, 0.2) is 0 Å². The van der Waals surface area contributed by atoms with Crippen molar-refractivity contribution in [2.75, 3.05) is 39.1 Å². The average Bonchev–Trinajstić information content (AvgIpc) is 3.25. The molecule has 4 rings (SSSR count). The fraction of sp³-hybridized carbons (Fsp3) is 0.462. The molecule has 1 aromatic carbocycles. The molecule has 0 radical (unpaired) electrons. The third kappa shape index (κ3) is 6.74. The van der Waals surface area contributed by atoms with Crippen LogP contribution in [0.4, 0.5) is 4.79 Å². The number of nitrogens with zero attached hydrogens (tertiary/aromatic N) is 4. The number of nitrogens with one attached hydrogen (secondary N) is 1. The Hall–Kier alpha value is -3.20. The van der Waals surface area contributed by atoms with Gasteiger partial charge in [-0.15, -0.1) is 11.8 Å². The van der Waals surface area contributed by atoms with Gasteiger partial charge in [-0.25, -0.2) is 18.0 Å². The van der Waals surface area contributed by atoms with E-state index in [9.17, 15) is 27.9 Å². The number of amides is 2. The molecule has 0 bridgehead atoms. The van der Waals surface area contributed by atoms with Crippen LogP contribution in [0.15, 0.2) is 53.7 Å². The fourth-order valence-corrected chi connectivity index (χ4v) is 7.69. The van der Waals surface area contributed by atoms with Gasteiger partial charge >= 0.3 is 12.1 Å². The highest BCUT2D eigenvalue weighted by molar-refractivity contribution is 8.02. The van der Waals surface area contributed by atoms with Gasteiger partial charge < -0.3 is 25.0 Å². The van der Waals surface area contributed by atoms with E-state index >= 15 is 0 Å². The van der Waals surface area contributed by atoms with Crippen molar-refractivity contribution in [3.05, 3.63) is 54.4 Å². The predicted molar refractivity (Wildman–Crippen MR) is 148 cm³/mol. The molecular weight excluding hydrogens is 558 g/mol. The Morgan fingerprint density at radius 2 is 1.82 bits per heavy atom. The minimum atomic E-state index is -4.05. The summed E-state index contributed by atoms with van der Waals surface area (Å²) in [4.78, 5) is 45.5. The molecule has 2 aliphatic heterocycles. The molecule has 2 aliphatic rings. The van der Waals surface area contributed by atoms with Crippen molar-refractivity contribution < 1.29 is 32.6 Å². The molecule has 1 aromatic heterocycles. The van der Waals surface area contributed by atoms with Crippen LogP contribution in [-0.2, 0) is 26.0 Å². The van der Waals surface area contributed by atoms with Crippen LogP contribution >= 0.6 is 11.8 Å². The van der Waals surface area contributed by atoms with Crippen molar-refractivity contribution in [2.24, 2.45) is 0 Å². The summed E-state index contributed by atoms with van der Waals surface area (Å²) in [7, 11) is -2.06. The van der Waals surface area contributed by atoms with E-state index in [4.69, 9.17) is 4.74 Å². The monoisotopic (exact) mass is 591 g/mol. The summed E-state index contributed by atoms with van der Waals surface area (Å²) in [6, 6.07) is 6.85. The number of piperazine rings is 1. The molecule has 0 saturated carbocycles. The largest absolute Gasteiger partial charge is 0.480 e. The summed E-state index contributed by atoms with van der Waals surface area (Å²) in [5, 5.41) is 12.4. The van der Waals surface area contributed by atoms with Crippen LogP contribution in [0.1, 0.15) is 19.4 Å². The number of rotatable bonds is 8.